The first-order chi connectivity index (χ1) is 19.2. The summed E-state index contributed by atoms with van der Waals surface area (Å²) in [6.45, 7) is 8.64. The molecule has 0 radical (unpaired) electrons. The van der Waals surface area contributed by atoms with Crippen molar-refractivity contribution < 1.29 is 18.7 Å². The first-order valence-electron chi connectivity index (χ1n) is 14.2. The molecular formula is C33H44ClF2N3O2. The number of rotatable bonds is 15. The molecule has 3 rings (SSSR count). The quantitative estimate of drug-likeness (QED) is 0.205. The van der Waals surface area contributed by atoms with E-state index in [0.29, 0.717) is 17.7 Å². The summed E-state index contributed by atoms with van der Waals surface area (Å²) in [7, 11) is 2.06. The largest absolute Gasteiger partial charge is 0.390 e. The van der Waals surface area contributed by atoms with Crippen LogP contribution >= 0.6 is 12.4 Å². The predicted molar refractivity (Wildman–Crippen MR) is 165 cm³/mol. The molecule has 224 valence electrons. The summed E-state index contributed by atoms with van der Waals surface area (Å²) in [6, 6.07) is 16.5. The molecule has 2 atom stereocenters. The van der Waals surface area contributed by atoms with Crippen molar-refractivity contribution in [1.82, 2.24) is 15.5 Å². The van der Waals surface area contributed by atoms with Gasteiger partial charge in [0.15, 0.2) is 0 Å². The van der Waals surface area contributed by atoms with Crippen molar-refractivity contribution in [3.8, 4) is 0 Å². The second-order valence-corrected chi connectivity index (χ2v) is 10.7. The van der Waals surface area contributed by atoms with Crippen molar-refractivity contribution in [2.24, 2.45) is 0 Å². The van der Waals surface area contributed by atoms with Gasteiger partial charge < -0.3 is 20.6 Å². The van der Waals surface area contributed by atoms with Crippen molar-refractivity contribution in [2.75, 3.05) is 20.1 Å². The molecule has 0 heterocycles. The Kier molecular flexibility index (Phi) is 14.4. The topological polar surface area (TPSA) is 64.6 Å². The number of carbonyl (C=O) groups excluding carboxylic acids is 1. The van der Waals surface area contributed by atoms with Gasteiger partial charge in [0.05, 0.1) is 12.1 Å². The third kappa shape index (κ3) is 11.5. The van der Waals surface area contributed by atoms with Crippen LogP contribution in [0.25, 0.3) is 0 Å². The molecule has 0 aliphatic rings. The van der Waals surface area contributed by atoms with Crippen molar-refractivity contribution in [2.45, 2.75) is 71.7 Å². The Morgan fingerprint density at radius 3 is 2.34 bits per heavy atom. The van der Waals surface area contributed by atoms with Crippen LogP contribution < -0.4 is 10.6 Å². The fourth-order valence-electron chi connectivity index (χ4n) is 4.89. The van der Waals surface area contributed by atoms with Crippen LogP contribution in [-0.4, -0.2) is 48.2 Å². The molecular weight excluding hydrogens is 544 g/mol. The SMILES string of the molecule is CCCCN(C)Cc1cc(C)cc(C(=O)N[C@@H](Cc2cc(F)cc(F)c2)[C@@H](O)CNCc2cccc(CC)c2)c1.Cl. The van der Waals surface area contributed by atoms with E-state index in [1.165, 1.54) is 17.7 Å². The van der Waals surface area contributed by atoms with Crippen LogP contribution in [0, 0.1) is 18.6 Å². The Bertz CT molecular complexity index is 1240. The molecule has 0 unspecified atom stereocenters. The number of carbonyl (C=O) groups is 1. The van der Waals surface area contributed by atoms with Gasteiger partial charge in [0.25, 0.3) is 5.91 Å². The number of hydrogen-bond donors (Lipinski definition) is 3. The van der Waals surface area contributed by atoms with Crippen LogP contribution in [-0.2, 0) is 25.9 Å². The summed E-state index contributed by atoms with van der Waals surface area (Å²) in [5.41, 5.74) is 5.17. The number of nitrogens with one attached hydrogen (secondary N) is 2. The highest BCUT2D eigenvalue weighted by Gasteiger charge is 2.23. The summed E-state index contributed by atoms with van der Waals surface area (Å²) in [4.78, 5) is 15.6. The van der Waals surface area contributed by atoms with E-state index >= 15 is 0 Å². The summed E-state index contributed by atoms with van der Waals surface area (Å²) in [6.07, 6.45) is 2.24. The predicted octanol–water partition coefficient (Wildman–Crippen LogP) is 5.98. The lowest BCUT2D eigenvalue weighted by atomic mass is 9.99. The van der Waals surface area contributed by atoms with Crippen LogP contribution in [0.5, 0.6) is 0 Å². The maximum absolute atomic E-state index is 13.9. The Hall–Kier alpha value is -2.84. The molecule has 0 saturated carbocycles. The first kappa shape index (κ1) is 34.4. The maximum atomic E-state index is 13.9. The van der Waals surface area contributed by atoms with Gasteiger partial charge in [-0.15, -0.1) is 12.4 Å². The minimum Gasteiger partial charge on any atom is -0.390 e. The van der Waals surface area contributed by atoms with Crippen molar-refractivity contribution in [1.29, 1.82) is 0 Å². The van der Waals surface area contributed by atoms with Gasteiger partial charge in [0.1, 0.15) is 11.6 Å². The molecule has 0 aliphatic carbocycles. The molecule has 0 aliphatic heterocycles. The van der Waals surface area contributed by atoms with E-state index in [1.54, 1.807) is 0 Å². The number of aliphatic hydroxyl groups is 1. The van der Waals surface area contributed by atoms with Gasteiger partial charge in [-0.05, 0) is 86.3 Å². The number of aryl methyl sites for hydroxylation is 2. The van der Waals surface area contributed by atoms with Gasteiger partial charge in [0, 0.05) is 31.3 Å². The fourth-order valence-corrected chi connectivity index (χ4v) is 4.89. The van der Waals surface area contributed by atoms with E-state index in [2.05, 4.69) is 54.6 Å². The average Bonchev–Trinajstić information content (AvgIpc) is 2.90. The summed E-state index contributed by atoms with van der Waals surface area (Å²) in [5, 5.41) is 17.3. The highest BCUT2D eigenvalue weighted by Crippen LogP contribution is 2.16. The highest BCUT2D eigenvalue weighted by atomic mass is 35.5. The Morgan fingerprint density at radius 2 is 1.66 bits per heavy atom. The molecule has 3 aromatic carbocycles. The van der Waals surface area contributed by atoms with Crippen LogP contribution in [0.1, 0.15) is 64.9 Å². The zero-order valence-corrected chi connectivity index (χ0v) is 25.4. The van der Waals surface area contributed by atoms with Crippen LogP contribution in [0.15, 0.2) is 60.7 Å². The lowest BCUT2D eigenvalue weighted by Crippen LogP contribution is -2.48. The van der Waals surface area contributed by atoms with Gasteiger partial charge in [0.2, 0.25) is 0 Å². The highest BCUT2D eigenvalue weighted by molar-refractivity contribution is 5.94. The van der Waals surface area contributed by atoms with Crippen LogP contribution in [0.2, 0.25) is 0 Å². The number of aliphatic hydroxyl groups excluding tert-OH is 1. The van der Waals surface area contributed by atoms with Gasteiger partial charge in [-0.3, -0.25) is 4.79 Å². The Labute approximate surface area is 249 Å². The van der Waals surface area contributed by atoms with E-state index in [0.717, 1.165) is 55.1 Å². The van der Waals surface area contributed by atoms with E-state index in [9.17, 15) is 18.7 Å². The van der Waals surface area contributed by atoms with Crippen LogP contribution in [0.3, 0.4) is 0 Å². The third-order valence-corrected chi connectivity index (χ3v) is 6.99. The first-order valence-corrected chi connectivity index (χ1v) is 14.2. The minimum absolute atomic E-state index is 0. The number of amides is 1. The molecule has 0 aromatic heterocycles. The number of benzene rings is 3. The normalized spacial score (nSPS) is 12.6. The molecule has 8 heteroatoms. The number of unbranched alkanes of at least 4 members (excludes halogenated alkanes) is 1. The molecule has 3 N–H and O–H groups in total. The zero-order valence-electron chi connectivity index (χ0n) is 24.6. The zero-order chi connectivity index (χ0) is 29.1. The van der Waals surface area contributed by atoms with E-state index < -0.39 is 23.8 Å². The molecule has 5 nitrogen and oxygen atoms in total. The number of hydrogen-bond acceptors (Lipinski definition) is 4. The molecule has 1 amide bonds. The smallest absolute Gasteiger partial charge is 0.251 e. The Balaban J connectivity index is 0.00000588. The van der Waals surface area contributed by atoms with Gasteiger partial charge >= 0.3 is 0 Å². The van der Waals surface area contributed by atoms with Crippen LogP contribution in [0.4, 0.5) is 8.78 Å². The third-order valence-electron chi connectivity index (χ3n) is 6.99. The van der Waals surface area contributed by atoms with E-state index in [4.69, 9.17) is 0 Å². The van der Waals surface area contributed by atoms with E-state index in [-0.39, 0.29) is 31.3 Å². The van der Waals surface area contributed by atoms with Crippen molar-refractivity contribution >= 4 is 18.3 Å². The number of nitrogens with zero attached hydrogens (tertiary/aromatic N) is 1. The van der Waals surface area contributed by atoms with Gasteiger partial charge in [-0.1, -0.05) is 56.2 Å². The molecule has 3 aromatic rings. The lowest BCUT2D eigenvalue weighted by Gasteiger charge is -2.25. The van der Waals surface area contributed by atoms with Crippen molar-refractivity contribution in [3.05, 3.63) is 106 Å². The summed E-state index contributed by atoms with van der Waals surface area (Å²) in [5.74, 6) is -1.73. The molecule has 0 saturated heterocycles. The second kappa shape index (κ2) is 17.2. The molecule has 41 heavy (non-hydrogen) atoms. The van der Waals surface area contributed by atoms with E-state index in [1.807, 2.05) is 31.2 Å². The Morgan fingerprint density at radius 1 is 0.951 bits per heavy atom. The average molecular weight is 588 g/mol. The van der Waals surface area contributed by atoms with Crippen molar-refractivity contribution in [3.63, 3.8) is 0 Å². The minimum atomic E-state index is -0.992. The van der Waals surface area contributed by atoms with Gasteiger partial charge in [-0.2, -0.15) is 0 Å². The maximum Gasteiger partial charge on any atom is 0.251 e. The molecule has 0 bridgehead atoms. The summed E-state index contributed by atoms with van der Waals surface area (Å²) >= 11 is 0. The monoisotopic (exact) mass is 587 g/mol. The molecule has 0 fully saturated rings. The summed E-state index contributed by atoms with van der Waals surface area (Å²) < 4.78 is 27.8. The second-order valence-electron chi connectivity index (χ2n) is 10.7. The fraction of sp³-hybridized carbons (Fsp3) is 0.424. The number of halogens is 3. The molecule has 0 spiro atoms. The standard InChI is InChI=1S/C33H43F2N3O2.ClH/c1-5-7-11-38(4)22-27-12-23(3)13-28(15-27)33(40)37-31(18-26-16-29(34)19-30(35)17-26)32(39)21-36-20-25-10-8-9-24(6-2)14-25;/h8-10,12-17,19,31-32,36,39H,5-7,11,18,20-22H2,1-4H3,(H,37,40);1H/t31-,32-;/m0./s1. The lowest BCUT2D eigenvalue weighted by molar-refractivity contribution is 0.0829. The van der Waals surface area contributed by atoms with Gasteiger partial charge in [-0.25, -0.2) is 8.78 Å².